The highest BCUT2D eigenvalue weighted by Gasteiger charge is 2.27. The van der Waals surface area contributed by atoms with E-state index in [4.69, 9.17) is 16.3 Å². The van der Waals surface area contributed by atoms with Gasteiger partial charge in [-0.3, -0.25) is 10.1 Å². The minimum Gasteiger partial charge on any atom is -0.452 e. The molecule has 0 spiro atoms. The first-order valence-corrected chi connectivity index (χ1v) is 11.6. The zero-order valence-electron chi connectivity index (χ0n) is 16.8. The Bertz CT molecular complexity index is 884. The minimum absolute atomic E-state index is 0.00434. The molecule has 1 fully saturated rings. The summed E-state index contributed by atoms with van der Waals surface area (Å²) in [5.41, 5.74) is -0.171. The second-order valence-electron chi connectivity index (χ2n) is 6.84. The molecule has 2 N–H and O–H groups in total. The van der Waals surface area contributed by atoms with Crippen molar-refractivity contribution in [2.75, 3.05) is 26.2 Å². The van der Waals surface area contributed by atoms with Crippen LogP contribution in [0.15, 0.2) is 23.1 Å². The lowest BCUT2D eigenvalue weighted by Crippen LogP contribution is -2.41. The fraction of sp³-hybridized carbons (Fsp3) is 0.526. The summed E-state index contributed by atoms with van der Waals surface area (Å²) >= 11 is 6.02. The molecular weight excluding hydrogens is 434 g/mol. The van der Waals surface area contributed by atoms with Gasteiger partial charge in [0.25, 0.3) is 5.91 Å². The molecule has 3 amide bonds. The van der Waals surface area contributed by atoms with Crippen molar-refractivity contribution in [1.29, 1.82) is 0 Å². The lowest BCUT2D eigenvalue weighted by Gasteiger charge is -2.26. The Hall–Kier alpha value is -2.17. The van der Waals surface area contributed by atoms with Crippen molar-refractivity contribution in [2.24, 2.45) is 0 Å². The number of piperidine rings is 1. The van der Waals surface area contributed by atoms with Crippen LogP contribution >= 0.6 is 11.6 Å². The first-order chi connectivity index (χ1) is 14.3. The van der Waals surface area contributed by atoms with E-state index >= 15 is 0 Å². The zero-order valence-corrected chi connectivity index (χ0v) is 18.4. The van der Waals surface area contributed by atoms with E-state index in [0.29, 0.717) is 19.6 Å². The van der Waals surface area contributed by atoms with Gasteiger partial charge < -0.3 is 10.1 Å². The third-order valence-electron chi connectivity index (χ3n) is 4.51. The van der Waals surface area contributed by atoms with E-state index in [0.717, 1.165) is 38.2 Å². The fourth-order valence-corrected chi connectivity index (χ4v) is 4.61. The number of amides is 3. The molecule has 1 aliphatic heterocycles. The van der Waals surface area contributed by atoms with E-state index in [2.05, 4.69) is 5.32 Å². The predicted molar refractivity (Wildman–Crippen MR) is 111 cm³/mol. The van der Waals surface area contributed by atoms with E-state index in [9.17, 15) is 22.8 Å². The van der Waals surface area contributed by atoms with Gasteiger partial charge in [0.1, 0.15) is 0 Å². The minimum atomic E-state index is -3.76. The maximum absolute atomic E-state index is 12.8. The Morgan fingerprint density at radius 3 is 2.53 bits per heavy atom. The van der Waals surface area contributed by atoms with Crippen LogP contribution in [0.3, 0.4) is 0 Å². The van der Waals surface area contributed by atoms with Crippen LogP contribution in [0.5, 0.6) is 0 Å². The molecule has 0 atom stereocenters. The molecule has 11 heteroatoms. The number of nitrogens with zero attached hydrogens (tertiary/aromatic N) is 1. The first-order valence-electron chi connectivity index (χ1n) is 9.80. The molecule has 166 valence electrons. The van der Waals surface area contributed by atoms with Crippen LogP contribution in [0.1, 0.15) is 49.4 Å². The standard InChI is InChI=1S/C19H26ClN3O6S/c1-2-3-9-21-19(26)22-17(24)13-29-18(25)15-12-14(7-8-16(15)20)30(27,28)23-10-5-4-6-11-23/h7-8,12H,2-6,9-11,13H2,1H3,(H2,21,22,24,26). The number of esters is 1. The van der Waals surface area contributed by atoms with Crippen LogP contribution in [0.2, 0.25) is 5.02 Å². The monoisotopic (exact) mass is 459 g/mol. The molecule has 0 saturated carbocycles. The number of hydrogen-bond donors (Lipinski definition) is 2. The SMILES string of the molecule is CCCCNC(=O)NC(=O)COC(=O)c1cc(S(=O)(=O)N2CCCCC2)ccc1Cl. The highest BCUT2D eigenvalue weighted by molar-refractivity contribution is 7.89. The number of rotatable bonds is 8. The number of halogens is 1. The number of carbonyl (C=O) groups excluding carboxylic acids is 3. The van der Waals surface area contributed by atoms with Crippen LogP contribution in [0, 0.1) is 0 Å². The van der Waals surface area contributed by atoms with Crippen molar-refractivity contribution in [3.8, 4) is 0 Å². The molecule has 1 aromatic carbocycles. The number of unbranched alkanes of at least 4 members (excludes halogenated alkanes) is 1. The van der Waals surface area contributed by atoms with Crippen molar-refractivity contribution >= 4 is 39.5 Å². The van der Waals surface area contributed by atoms with E-state index in [-0.39, 0.29) is 15.5 Å². The molecular formula is C19H26ClN3O6S. The second-order valence-corrected chi connectivity index (χ2v) is 9.19. The lowest BCUT2D eigenvalue weighted by atomic mass is 10.2. The normalized spacial score (nSPS) is 14.7. The molecule has 1 saturated heterocycles. The topological polar surface area (TPSA) is 122 Å². The molecule has 0 bridgehead atoms. The van der Waals surface area contributed by atoms with Crippen LogP contribution in [-0.4, -0.2) is 56.9 Å². The number of carbonyl (C=O) groups is 3. The van der Waals surface area contributed by atoms with Crippen molar-refractivity contribution in [3.63, 3.8) is 0 Å². The number of imide groups is 1. The average Bonchev–Trinajstić information content (AvgIpc) is 2.73. The molecule has 2 rings (SSSR count). The second kappa shape index (κ2) is 11.3. The van der Waals surface area contributed by atoms with Gasteiger partial charge in [0.05, 0.1) is 15.5 Å². The molecule has 0 radical (unpaired) electrons. The summed E-state index contributed by atoms with van der Waals surface area (Å²) in [5.74, 6) is -1.78. The van der Waals surface area contributed by atoms with Crippen molar-refractivity contribution in [1.82, 2.24) is 14.9 Å². The van der Waals surface area contributed by atoms with Gasteiger partial charge in [0.15, 0.2) is 6.61 Å². The Labute approximate surface area is 181 Å². The summed E-state index contributed by atoms with van der Waals surface area (Å²) < 4.78 is 31.8. The summed E-state index contributed by atoms with van der Waals surface area (Å²) in [7, 11) is -3.76. The van der Waals surface area contributed by atoms with Crippen molar-refractivity contribution < 1.29 is 27.5 Å². The molecule has 1 heterocycles. The van der Waals surface area contributed by atoms with Gasteiger partial charge in [0.2, 0.25) is 10.0 Å². The van der Waals surface area contributed by atoms with E-state index < -0.39 is 34.5 Å². The Kier molecular flexibility index (Phi) is 9.07. The molecule has 0 aliphatic carbocycles. The number of urea groups is 1. The Balaban J connectivity index is 1.99. The molecule has 30 heavy (non-hydrogen) atoms. The van der Waals surface area contributed by atoms with Gasteiger partial charge in [0, 0.05) is 19.6 Å². The highest BCUT2D eigenvalue weighted by Crippen LogP contribution is 2.25. The number of sulfonamides is 1. The lowest BCUT2D eigenvalue weighted by molar-refractivity contribution is -0.123. The maximum Gasteiger partial charge on any atom is 0.340 e. The first kappa shape index (κ1) is 24.1. The van der Waals surface area contributed by atoms with Crippen molar-refractivity contribution in [3.05, 3.63) is 28.8 Å². The summed E-state index contributed by atoms with van der Waals surface area (Å²) in [6.07, 6.45) is 4.19. The maximum atomic E-state index is 12.8. The van der Waals surface area contributed by atoms with Crippen molar-refractivity contribution in [2.45, 2.75) is 43.9 Å². The summed E-state index contributed by atoms with van der Waals surface area (Å²) in [4.78, 5) is 35.5. The smallest absolute Gasteiger partial charge is 0.340 e. The third-order valence-corrected chi connectivity index (χ3v) is 6.74. The number of nitrogens with one attached hydrogen (secondary N) is 2. The van der Waals surface area contributed by atoms with Crippen LogP contribution < -0.4 is 10.6 Å². The number of hydrogen-bond acceptors (Lipinski definition) is 6. The van der Waals surface area contributed by atoms with E-state index in [1.165, 1.54) is 16.4 Å². The largest absolute Gasteiger partial charge is 0.452 e. The van der Waals surface area contributed by atoms with Crippen LogP contribution in [-0.2, 0) is 19.6 Å². The Morgan fingerprint density at radius 2 is 1.87 bits per heavy atom. The van der Waals surface area contributed by atoms with Gasteiger partial charge in [-0.25, -0.2) is 18.0 Å². The van der Waals surface area contributed by atoms with Gasteiger partial charge in [-0.15, -0.1) is 0 Å². The third kappa shape index (κ3) is 6.68. The fourth-order valence-electron chi connectivity index (χ4n) is 2.87. The summed E-state index contributed by atoms with van der Waals surface area (Å²) in [6.45, 7) is 2.52. The molecule has 1 aliphatic rings. The van der Waals surface area contributed by atoms with Crippen LogP contribution in [0.25, 0.3) is 0 Å². The summed E-state index contributed by atoms with van der Waals surface area (Å²) in [6, 6.07) is 3.09. The van der Waals surface area contributed by atoms with Gasteiger partial charge >= 0.3 is 12.0 Å². The van der Waals surface area contributed by atoms with E-state index in [1.54, 1.807) is 0 Å². The van der Waals surface area contributed by atoms with Crippen LogP contribution in [0.4, 0.5) is 4.79 Å². The zero-order chi connectivity index (χ0) is 22.1. The Morgan fingerprint density at radius 1 is 1.17 bits per heavy atom. The number of benzene rings is 1. The number of ether oxygens (including phenoxy) is 1. The average molecular weight is 460 g/mol. The highest BCUT2D eigenvalue weighted by atomic mass is 35.5. The molecule has 1 aromatic rings. The summed E-state index contributed by atoms with van der Waals surface area (Å²) in [5, 5.41) is 4.53. The van der Waals surface area contributed by atoms with Gasteiger partial charge in [-0.05, 0) is 37.5 Å². The molecule has 9 nitrogen and oxygen atoms in total. The molecule has 0 unspecified atom stereocenters. The quantitative estimate of drug-likeness (QED) is 0.454. The van der Waals surface area contributed by atoms with E-state index in [1.807, 2.05) is 12.2 Å². The van der Waals surface area contributed by atoms with Gasteiger partial charge in [-0.2, -0.15) is 4.31 Å². The predicted octanol–water partition coefficient (Wildman–Crippen LogP) is 2.30. The molecule has 0 aromatic heterocycles. The van der Waals surface area contributed by atoms with Gasteiger partial charge in [-0.1, -0.05) is 31.4 Å².